The highest BCUT2D eigenvalue weighted by Crippen LogP contribution is 2.62. The van der Waals surface area contributed by atoms with Crippen molar-refractivity contribution in [1.29, 1.82) is 0 Å². The average Bonchev–Trinajstić information content (AvgIpc) is 2.66. The molecular formula is C20H18ClO3P. The van der Waals surface area contributed by atoms with Gasteiger partial charge in [-0.3, -0.25) is 4.57 Å². The van der Waals surface area contributed by atoms with Crippen molar-refractivity contribution in [2.45, 2.75) is 5.66 Å². The van der Waals surface area contributed by atoms with Crippen molar-refractivity contribution >= 4 is 24.3 Å². The van der Waals surface area contributed by atoms with Gasteiger partial charge in [-0.1, -0.05) is 60.1 Å². The Bertz CT molecular complexity index is 897. The molecule has 5 heteroatoms. The molecule has 0 bridgehead atoms. The Hall–Kier alpha value is -2.06. The fourth-order valence-electron chi connectivity index (χ4n) is 2.93. The van der Waals surface area contributed by atoms with Crippen molar-refractivity contribution in [1.82, 2.24) is 0 Å². The van der Waals surface area contributed by atoms with Gasteiger partial charge >= 0.3 is 0 Å². The Morgan fingerprint density at radius 3 is 2.16 bits per heavy atom. The van der Waals surface area contributed by atoms with Crippen LogP contribution in [0.15, 0.2) is 78.9 Å². The van der Waals surface area contributed by atoms with Gasteiger partial charge in [-0.25, -0.2) is 0 Å². The van der Waals surface area contributed by atoms with Gasteiger partial charge in [0.1, 0.15) is 5.75 Å². The maximum absolute atomic E-state index is 14.0. The molecule has 25 heavy (non-hydrogen) atoms. The highest BCUT2D eigenvalue weighted by Gasteiger charge is 2.39. The van der Waals surface area contributed by atoms with Crippen LogP contribution in [0.25, 0.3) is 0 Å². The van der Waals surface area contributed by atoms with E-state index in [0.717, 1.165) is 5.56 Å². The van der Waals surface area contributed by atoms with Crippen molar-refractivity contribution in [2.24, 2.45) is 0 Å². The highest BCUT2D eigenvalue weighted by molar-refractivity contribution is 7.67. The summed E-state index contributed by atoms with van der Waals surface area (Å²) in [4.78, 5) is 0. The van der Waals surface area contributed by atoms with Crippen LogP contribution in [0.2, 0.25) is 5.02 Å². The van der Waals surface area contributed by atoms with Gasteiger partial charge in [0.25, 0.3) is 0 Å². The minimum atomic E-state index is -3.37. The zero-order valence-corrected chi connectivity index (χ0v) is 15.3. The van der Waals surface area contributed by atoms with Crippen LogP contribution in [-0.2, 0) is 9.09 Å². The zero-order chi connectivity index (χ0) is 17.9. The van der Waals surface area contributed by atoms with Crippen LogP contribution in [0.4, 0.5) is 0 Å². The van der Waals surface area contributed by atoms with E-state index < -0.39 is 13.0 Å². The maximum Gasteiger partial charge on any atom is 0.243 e. The molecule has 3 nitrogen and oxygen atoms in total. The van der Waals surface area contributed by atoms with E-state index in [0.29, 0.717) is 15.9 Å². The molecule has 2 atom stereocenters. The smallest absolute Gasteiger partial charge is 0.243 e. The number of hydrogen-bond donors (Lipinski definition) is 1. The molecule has 0 saturated heterocycles. The van der Waals surface area contributed by atoms with E-state index in [1.165, 1.54) is 13.2 Å². The second-order valence-electron chi connectivity index (χ2n) is 5.63. The molecule has 2 unspecified atom stereocenters. The molecule has 0 aromatic heterocycles. The molecular weight excluding hydrogens is 355 g/mol. The van der Waals surface area contributed by atoms with E-state index >= 15 is 0 Å². The summed E-state index contributed by atoms with van der Waals surface area (Å²) in [5.41, 5.74) is 0.599. The monoisotopic (exact) mass is 372 g/mol. The van der Waals surface area contributed by atoms with Crippen LogP contribution in [0, 0.1) is 0 Å². The first-order valence-electron chi connectivity index (χ1n) is 7.80. The summed E-state index contributed by atoms with van der Waals surface area (Å²) >= 11 is 6.15. The molecule has 0 fully saturated rings. The lowest BCUT2D eigenvalue weighted by Gasteiger charge is -2.28. The predicted molar refractivity (Wildman–Crippen MR) is 102 cm³/mol. The third kappa shape index (κ3) is 3.50. The predicted octanol–water partition coefficient (Wildman–Crippen LogP) is 5.39. The Labute approximate surface area is 152 Å². The number of phenolic OH excluding ortho intramolecular Hbond substituents is 1. The molecule has 0 spiro atoms. The normalized spacial score (nSPS) is 14.6. The maximum atomic E-state index is 14.0. The second kappa shape index (κ2) is 7.45. The molecule has 3 rings (SSSR count). The summed E-state index contributed by atoms with van der Waals surface area (Å²) in [5.74, 6) is 0.0338. The summed E-state index contributed by atoms with van der Waals surface area (Å²) in [5, 5.41) is 11.5. The topological polar surface area (TPSA) is 46.5 Å². The average molecular weight is 373 g/mol. The van der Waals surface area contributed by atoms with E-state index in [1.54, 1.807) is 24.3 Å². The van der Waals surface area contributed by atoms with E-state index in [9.17, 15) is 9.67 Å². The molecule has 3 aromatic rings. The van der Waals surface area contributed by atoms with Gasteiger partial charge in [0.05, 0.1) is 5.66 Å². The van der Waals surface area contributed by atoms with Crippen LogP contribution in [0.5, 0.6) is 5.75 Å². The van der Waals surface area contributed by atoms with Crippen LogP contribution in [-0.4, -0.2) is 12.2 Å². The van der Waals surface area contributed by atoms with E-state index in [2.05, 4.69) is 0 Å². The largest absolute Gasteiger partial charge is 0.508 e. The van der Waals surface area contributed by atoms with Gasteiger partial charge in [0.2, 0.25) is 7.37 Å². The summed E-state index contributed by atoms with van der Waals surface area (Å²) in [6.45, 7) is 0. The fraction of sp³-hybridized carbons (Fsp3) is 0.100. The first-order valence-corrected chi connectivity index (χ1v) is 9.88. The van der Waals surface area contributed by atoms with Crippen molar-refractivity contribution in [2.75, 3.05) is 7.11 Å². The molecule has 0 aliphatic heterocycles. The van der Waals surface area contributed by atoms with Crippen LogP contribution in [0.1, 0.15) is 16.8 Å². The number of halogens is 1. The van der Waals surface area contributed by atoms with E-state index in [1.807, 2.05) is 48.5 Å². The number of benzene rings is 3. The van der Waals surface area contributed by atoms with E-state index in [4.69, 9.17) is 16.1 Å². The van der Waals surface area contributed by atoms with Crippen molar-refractivity contribution in [3.8, 4) is 5.75 Å². The third-order valence-corrected chi connectivity index (χ3v) is 7.18. The summed E-state index contributed by atoms with van der Waals surface area (Å²) in [7, 11) is -1.94. The van der Waals surface area contributed by atoms with Gasteiger partial charge in [-0.05, 0) is 35.9 Å². The molecule has 0 radical (unpaired) electrons. The van der Waals surface area contributed by atoms with E-state index in [-0.39, 0.29) is 5.75 Å². The SMILES string of the molecule is COP(=O)(c1ccccc1)C(c1ccccc1)c1cc(Cl)ccc1O. The first-order chi connectivity index (χ1) is 12.1. The second-order valence-corrected chi connectivity index (χ2v) is 8.66. The van der Waals surface area contributed by atoms with Crippen molar-refractivity contribution in [3.05, 3.63) is 95.0 Å². The Morgan fingerprint density at radius 1 is 0.960 bits per heavy atom. The molecule has 128 valence electrons. The molecule has 1 N–H and O–H groups in total. The molecule has 0 aliphatic carbocycles. The van der Waals surface area contributed by atoms with Gasteiger partial charge in [-0.2, -0.15) is 0 Å². The number of hydrogen-bond acceptors (Lipinski definition) is 3. The highest BCUT2D eigenvalue weighted by atomic mass is 35.5. The van der Waals surface area contributed by atoms with Crippen LogP contribution >= 0.6 is 19.0 Å². The Morgan fingerprint density at radius 2 is 1.56 bits per heavy atom. The van der Waals surface area contributed by atoms with Gasteiger partial charge in [0.15, 0.2) is 0 Å². The fourth-order valence-corrected chi connectivity index (χ4v) is 5.56. The summed E-state index contributed by atoms with van der Waals surface area (Å²) in [6.07, 6.45) is 0. The van der Waals surface area contributed by atoms with Crippen LogP contribution < -0.4 is 5.30 Å². The zero-order valence-electron chi connectivity index (χ0n) is 13.7. The lowest BCUT2D eigenvalue weighted by molar-refractivity contribution is 0.395. The minimum Gasteiger partial charge on any atom is -0.508 e. The lowest BCUT2D eigenvalue weighted by Crippen LogP contribution is -2.14. The standard InChI is InChI=1S/C20H18ClO3P/c1-24-25(23,17-10-6-3-7-11-17)20(15-8-4-2-5-9-15)18-14-16(21)12-13-19(18)22/h2-14,20,22H,1H3. The quantitative estimate of drug-likeness (QED) is 0.611. The van der Waals surface area contributed by atoms with Crippen LogP contribution in [0.3, 0.4) is 0 Å². The first kappa shape index (κ1) is 17.8. The Kier molecular flexibility index (Phi) is 5.29. The van der Waals surface area contributed by atoms with Gasteiger partial charge in [0, 0.05) is 23.0 Å². The molecule has 3 aromatic carbocycles. The number of aromatic hydroxyl groups is 1. The van der Waals surface area contributed by atoms with Crippen molar-refractivity contribution < 1.29 is 14.2 Å². The molecule has 0 aliphatic rings. The van der Waals surface area contributed by atoms with Gasteiger partial charge < -0.3 is 9.63 Å². The summed E-state index contributed by atoms with van der Waals surface area (Å²) in [6, 6.07) is 23.2. The Balaban J connectivity index is 2.28. The van der Waals surface area contributed by atoms with Gasteiger partial charge in [-0.15, -0.1) is 0 Å². The third-order valence-electron chi connectivity index (χ3n) is 4.13. The van der Waals surface area contributed by atoms with Crippen molar-refractivity contribution in [3.63, 3.8) is 0 Å². The lowest BCUT2D eigenvalue weighted by atomic mass is 10.0. The number of phenols is 1. The summed E-state index contributed by atoms with van der Waals surface area (Å²) < 4.78 is 19.6. The molecule has 0 heterocycles. The molecule has 0 saturated carbocycles. The molecule has 0 amide bonds. The number of rotatable bonds is 5. The minimum absolute atomic E-state index is 0.0338.